The molecule has 0 aliphatic carbocycles. The molecule has 3 amide bonds. The molecule has 6 nitrogen and oxygen atoms in total. The molecule has 1 saturated heterocycles. The number of likely N-dealkylation sites (tertiary alicyclic amines) is 1. The number of carbonyl (C=O) groups is 2. The summed E-state index contributed by atoms with van der Waals surface area (Å²) >= 11 is 0. The monoisotopic (exact) mass is 408 g/mol. The summed E-state index contributed by atoms with van der Waals surface area (Å²) in [5.74, 6) is -0.124. The summed E-state index contributed by atoms with van der Waals surface area (Å²) in [6.45, 7) is 6.98. The van der Waals surface area contributed by atoms with E-state index in [9.17, 15) is 9.59 Å². The molecule has 6 heteroatoms. The number of benzene rings is 2. The van der Waals surface area contributed by atoms with Crippen LogP contribution in [0.25, 0.3) is 0 Å². The van der Waals surface area contributed by atoms with E-state index < -0.39 is 6.04 Å². The molecule has 0 unspecified atom stereocenters. The molecule has 1 aliphatic heterocycles. The first kappa shape index (κ1) is 21.8. The first-order valence-electron chi connectivity index (χ1n) is 10.7. The number of hydrogen-bond acceptors (Lipinski definition) is 3. The highest BCUT2D eigenvalue weighted by Gasteiger charge is 2.29. The number of nitrogens with one attached hydrogen (secondary N) is 3. The maximum Gasteiger partial charge on any atom is 0.315 e. The zero-order chi connectivity index (χ0) is 21.3. The third-order valence-corrected chi connectivity index (χ3v) is 5.40. The Balaban J connectivity index is 1.46. The molecule has 1 fully saturated rings. The third-order valence-electron chi connectivity index (χ3n) is 5.40. The largest absolute Gasteiger partial charge is 0.350 e. The van der Waals surface area contributed by atoms with Crippen LogP contribution in [0, 0.1) is 5.92 Å². The quantitative estimate of drug-likeness (QED) is 0.629. The van der Waals surface area contributed by atoms with Crippen LogP contribution >= 0.6 is 0 Å². The van der Waals surface area contributed by atoms with Gasteiger partial charge in [-0.25, -0.2) is 4.79 Å². The normalized spacial score (nSPS) is 17.5. The lowest BCUT2D eigenvalue weighted by molar-refractivity contribution is -0.124. The molecule has 0 bridgehead atoms. The first-order valence-corrected chi connectivity index (χ1v) is 10.7. The summed E-state index contributed by atoms with van der Waals surface area (Å²) in [7, 11) is 0. The van der Waals surface area contributed by atoms with Crippen LogP contribution in [0.15, 0.2) is 60.7 Å². The maximum atomic E-state index is 12.8. The smallest absolute Gasteiger partial charge is 0.315 e. The molecule has 2 aromatic rings. The van der Waals surface area contributed by atoms with E-state index in [1.54, 1.807) is 0 Å². The predicted octanol–water partition coefficient (Wildman–Crippen LogP) is 2.90. The van der Waals surface area contributed by atoms with Crippen molar-refractivity contribution in [2.75, 3.05) is 13.1 Å². The molecule has 30 heavy (non-hydrogen) atoms. The van der Waals surface area contributed by atoms with Crippen LogP contribution < -0.4 is 16.0 Å². The van der Waals surface area contributed by atoms with Crippen molar-refractivity contribution >= 4 is 11.9 Å². The van der Waals surface area contributed by atoms with Crippen LogP contribution in [0.4, 0.5) is 4.79 Å². The zero-order valence-electron chi connectivity index (χ0n) is 17.8. The number of nitrogens with zero attached hydrogens (tertiary/aromatic N) is 1. The van der Waals surface area contributed by atoms with Gasteiger partial charge in [0, 0.05) is 32.2 Å². The fourth-order valence-corrected chi connectivity index (χ4v) is 3.73. The molecule has 3 rings (SSSR count). The summed E-state index contributed by atoms with van der Waals surface area (Å²) in [5.41, 5.74) is 2.30. The lowest BCUT2D eigenvalue weighted by Crippen LogP contribution is -2.54. The highest BCUT2D eigenvalue weighted by atomic mass is 16.2. The van der Waals surface area contributed by atoms with Gasteiger partial charge in [-0.05, 0) is 23.5 Å². The Labute approximate surface area is 179 Å². The first-order chi connectivity index (χ1) is 14.5. The number of hydrogen-bond donors (Lipinski definition) is 3. The van der Waals surface area contributed by atoms with Gasteiger partial charge >= 0.3 is 6.03 Å². The summed E-state index contributed by atoms with van der Waals surface area (Å²) in [6.07, 6.45) is 0.920. The lowest BCUT2D eigenvalue weighted by Gasteiger charge is -2.24. The van der Waals surface area contributed by atoms with Crippen LogP contribution in [-0.4, -0.2) is 42.0 Å². The average Bonchev–Trinajstić information content (AvgIpc) is 3.18. The number of carbonyl (C=O) groups excluding carboxylic acids is 2. The van der Waals surface area contributed by atoms with Crippen LogP contribution in [0.5, 0.6) is 0 Å². The molecule has 3 N–H and O–H groups in total. The van der Waals surface area contributed by atoms with Gasteiger partial charge < -0.3 is 16.0 Å². The van der Waals surface area contributed by atoms with Crippen LogP contribution in [-0.2, 0) is 17.9 Å². The third kappa shape index (κ3) is 6.59. The summed E-state index contributed by atoms with van der Waals surface area (Å²) in [6, 6.07) is 19.3. The molecule has 0 radical (unpaired) electrons. The van der Waals surface area contributed by atoms with Gasteiger partial charge in [-0.3, -0.25) is 9.69 Å². The maximum absolute atomic E-state index is 12.8. The van der Waals surface area contributed by atoms with Gasteiger partial charge in [0.15, 0.2) is 0 Å². The van der Waals surface area contributed by atoms with Crippen molar-refractivity contribution in [3.63, 3.8) is 0 Å². The molecule has 0 saturated carbocycles. The number of amides is 3. The minimum absolute atomic E-state index is 0.00528. The molecule has 2 atom stereocenters. The van der Waals surface area contributed by atoms with E-state index in [1.807, 2.05) is 62.4 Å². The summed E-state index contributed by atoms with van der Waals surface area (Å²) in [4.78, 5) is 27.5. The van der Waals surface area contributed by atoms with Gasteiger partial charge in [-0.1, -0.05) is 74.5 Å². The van der Waals surface area contributed by atoms with Gasteiger partial charge in [0.1, 0.15) is 6.04 Å². The Bertz CT molecular complexity index is 810. The molecule has 0 aromatic heterocycles. The second kappa shape index (κ2) is 10.8. The Morgan fingerprint density at radius 2 is 1.63 bits per heavy atom. The van der Waals surface area contributed by atoms with Crippen molar-refractivity contribution in [1.82, 2.24) is 20.9 Å². The second-order valence-corrected chi connectivity index (χ2v) is 8.25. The van der Waals surface area contributed by atoms with Gasteiger partial charge in [0.2, 0.25) is 5.91 Å². The average molecular weight is 409 g/mol. The second-order valence-electron chi connectivity index (χ2n) is 8.25. The Morgan fingerprint density at radius 3 is 2.27 bits per heavy atom. The molecule has 1 heterocycles. The van der Waals surface area contributed by atoms with Crippen LogP contribution in [0.2, 0.25) is 0 Å². The van der Waals surface area contributed by atoms with E-state index in [4.69, 9.17) is 0 Å². The Morgan fingerprint density at radius 1 is 1.00 bits per heavy atom. The van der Waals surface area contributed by atoms with Gasteiger partial charge in [0.05, 0.1) is 0 Å². The fourth-order valence-electron chi connectivity index (χ4n) is 3.73. The highest BCUT2D eigenvalue weighted by Crippen LogP contribution is 2.14. The minimum Gasteiger partial charge on any atom is -0.350 e. The minimum atomic E-state index is -0.566. The standard InChI is InChI=1S/C24H32N4O2/c1-18(2)22(27-24(30)25-15-19-9-5-3-6-10-19)23(29)26-21-13-14-28(17-21)16-20-11-7-4-8-12-20/h3-12,18,21-22H,13-17H2,1-2H3,(H,26,29)(H2,25,27,30)/t21-,22+/m1/s1. The Hall–Kier alpha value is -2.86. The van der Waals surface area contributed by atoms with E-state index in [0.717, 1.165) is 31.6 Å². The van der Waals surface area contributed by atoms with Gasteiger partial charge in [0.25, 0.3) is 0 Å². The summed E-state index contributed by atoms with van der Waals surface area (Å²) in [5, 5.41) is 8.80. The van der Waals surface area contributed by atoms with E-state index in [1.165, 1.54) is 5.56 Å². The highest BCUT2D eigenvalue weighted by molar-refractivity contribution is 5.87. The van der Waals surface area contributed by atoms with E-state index >= 15 is 0 Å². The predicted molar refractivity (Wildman–Crippen MR) is 119 cm³/mol. The molecule has 2 aromatic carbocycles. The van der Waals surface area contributed by atoms with Crippen molar-refractivity contribution in [3.8, 4) is 0 Å². The van der Waals surface area contributed by atoms with Crippen LogP contribution in [0.3, 0.4) is 0 Å². The van der Waals surface area contributed by atoms with Crippen molar-refractivity contribution < 1.29 is 9.59 Å². The number of rotatable bonds is 8. The molecular formula is C24H32N4O2. The zero-order valence-corrected chi connectivity index (χ0v) is 17.8. The molecule has 160 valence electrons. The van der Waals surface area contributed by atoms with Gasteiger partial charge in [-0.15, -0.1) is 0 Å². The number of urea groups is 1. The van der Waals surface area contributed by atoms with Crippen molar-refractivity contribution in [2.24, 2.45) is 5.92 Å². The molecule has 0 spiro atoms. The van der Waals surface area contributed by atoms with Gasteiger partial charge in [-0.2, -0.15) is 0 Å². The van der Waals surface area contributed by atoms with Crippen molar-refractivity contribution in [1.29, 1.82) is 0 Å². The molecule has 1 aliphatic rings. The van der Waals surface area contributed by atoms with Crippen molar-refractivity contribution in [3.05, 3.63) is 71.8 Å². The summed E-state index contributed by atoms with van der Waals surface area (Å²) < 4.78 is 0. The molecular weight excluding hydrogens is 376 g/mol. The van der Waals surface area contributed by atoms with E-state index in [-0.39, 0.29) is 23.9 Å². The lowest BCUT2D eigenvalue weighted by atomic mass is 10.0. The van der Waals surface area contributed by atoms with E-state index in [0.29, 0.717) is 6.54 Å². The van der Waals surface area contributed by atoms with Crippen LogP contribution in [0.1, 0.15) is 31.4 Å². The Kier molecular flexibility index (Phi) is 7.85. The van der Waals surface area contributed by atoms with Crippen molar-refractivity contribution in [2.45, 2.75) is 45.4 Å². The SMILES string of the molecule is CC(C)[C@H](NC(=O)NCc1ccccc1)C(=O)N[C@@H]1CCN(Cc2ccccc2)C1. The topological polar surface area (TPSA) is 73.5 Å². The fraction of sp³-hybridized carbons (Fsp3) is 0.417. The van der Waals surface area contributed by atoms with E-state index in [2.05, 4.69) is 33.0 Å².